The van der Waals surface area contributed by atoms with E-state index in [4.69, 9.17) is 4.74 Å². The first-order valence-corrected chi connectivity index (χ1v) is 6.67. The van der Waals surface area contributed by atoms with Crippen LogP contribution in [0.1, 0.15) is 17.5 Å². The van der Waals surface area contributed by atoms with E-state index in [9.17, 15) is 4.79 Å². The highest BCUT2D eigenvalue weighted by molar-refractivity contribution is 5.95. The molecule has 0 spiro atoms. The normalized spacial score (nSPS) is 14.9. The maximum Gasteiger partial charge on any atom is 0.227 e. The van der Waals surface area contributed by atoms with Crippen molar-refractivity contribution in [1.29, 1.82) is 0 Å². The third-order valence-electron chi connectivity index (χ3n) is 3.62. The summed E-state index contributed by atoms with van der Waals surface area (Å²) >= 11 is 0. The standard InChI is InChI=1S/C15H22N2O2/c1-16(11-19-3)9-8-12-4-6-14-13(10-12)5-7-15(18)17(14)2/h4,6,10H,5,7-9,11H2,1-3H3. The summed E-state index contributed by atoms with van der Waals surface area (Å²) in [7, 11) is 5.61. The molecule has 19 heavy (non-hydrogen) atoms. The molecule has 104 valence electrons. The average Bonchev–Trinajstić information content (AvgIpc) is 2.41. The Labute approximate surface area is 115 Å². The van der Waals surface area contributed by atoms with Gasteiger partial charge in [-0.15, -0.1) is 0 Å². The van der Waals surface area contributed by atoms with Gasteiger partial charge < -0.3 is 9.64 Å². The number of carbonyl (C=O) groups is 1. The van der Waals surface area contributed by atoms with Crippen molar-refractivity contribution < 1.29 is 9.53 Å². The molecule has 0 atom stereocenters. The van der Waals surface area contributed by atoms with Crippen LogP contribution in [0.15, 0.2) is 18.2 Å². The Hall–Kier alpha value is -1.39. The molecule has 1 amide bonds. The van der Waals surface area contributed by atoms with E-state index in [1.165, 1.54) is 11.1 Å². The first-order chi connectivity index (χ1) is 9.11. The van der Waals surface area contributed by atoms with Gasteiger partial charge >= 0.3 is 0 Å². The summed E-state index contributed by atoms with van der Waals surface area (Å²) in [5, 5.41) is 0. The van der Waals surface area contributed by atoms with Gasteiger partial charge in [0.25, 0.3) is 0 Å². The molecule has 0 bridgehead atoms. The van der Waals surface area contributed by atoms with E-state index in [-0.39, 0.29) is 5.91 Å². The Morgan fingerprint density at radius 3 is 2.89 bits per heavy atom. The van der Waals surface area contributed by atoms with Crippen LogP contribution in [0.5, 0.6) is 0 Å². The predicted molar refractivity (Wildman–Crippen MR) is 76.4 cm³/mol. The number of anilines is 1. The van der Waals surface area contributed by atoms with Gasteiger partial charge in [-0.05, 0) is 37.1 Å². The monoisotopic (exact) mass is 262 g/mol. The summed E-state index contributed by atoms with van der Waals surface area (Å²) in [4.78, 5) is 15.5. The molecule has 1 aromatic rings. The zero-order valence-electron chi connectivity index (χ0n) is 12.0. The second-order valence-corrected chi connectivity index (χ2v) is 5.16. The van der Waals surface area contributed by atoms with Gasteiger partial charge in [0.2, 0.25) is 5.91 Å². The number of aryl methyl sites for hydroxylation is 1. The fourth-order valence-corrected chi connectivity index (χ4v) is 2.47. The van der Waals surface area contributed by atoms with Crippen LogP contribution < -0.4 is 4.90 Å². The molecule has 0 radical (unpaired) electrons. The molecule has 1 aliphatic rings. The summed E-state index contributed by atoms with van der Waals surface area (Å²) in [6, 6.07) is 6.42. The molecule has 1 heterocycles. The van der Waals surface area contributed by atoms with E-state index in [0.717, 1.165) is 25.1 Å². The van der Waals surface area contributed by atoms with Gasteiger partial charge in [-0.2, -0.15) is 0 Å². The van der Waals surface area contributed by atoms with E-state index in [0.29, 0.717) is 13.2 Å². The lowest BCUT2D eigenvalue weighted by Gasteiger charge is -2.26. The zero-order chi connectivity index (χ0) is 13.8. The minimum Gasteiger partial charge on any atom is -0.369 e. The number of fused-ring (bicyclic) bond motifs is 1. The van der Waals surface area contributed by atoms with Gasteiger partial charge in [-0.1, -0.05) is 12.1 Å². The van der Waals surface area contributed by atoms with Crippen LogP contribution in [0, 0.1) is 0 Å². The maximum atomic E-state index is 11.6. The molecule has 0 saturated heterocycles. The molecule has 4 nitrogen and oxygen atoms in total. The quantitative estimate of drug-likeness (QED) is 0.757. The van der Waals surface area contributed by atoms with Crippen molar-refractivity contribution in [2.24, 2.45) is 0 Å². The third kappa shape index (κ3) is 3.33. The number of benzene rings is 1. The van der Waals surface area contributed by atoms with Crippen LogP contribution in [-0.4, -0.2) is 45.3 Å². The van der Waals surface area contributed by atoms with Crippen LogP contribution >= 0.6 is 0 Å². The summed E-state index contributed by atoms with van der Waals surface area (Å²) in [6.07, 6.45) is 2.49. The molecule has 0 unspecified atom stereocenters. The molecular weight excluding hydrogens is 240 g/mol. The molecule has 2 rings (SSSR count). The number of hydrogen-bond donors (Lipinski definition) is 0. The van der Waals surface area contributed by atoms with Gasteiger partial charge in [-0.25, -0.2) is 0 Å². The number of rotatable bonds is 5. The fraction of sp³-hybridized carbons (Fsp3) is 0.533. The number of amides is 1. The van der Waals surface area contributed by atoms with Crippen LogP contribution in [0.2, 0.25) is 0 Å². The highest BCUT2D eigenvalue weighted by Crippen LogP contribution is 2.27. The topological polar surface area (TPSA) is 32.8 Å². The van der Waals surface area contributed by atoms with Crippen molar-refractivity contribution >= 4 is 11.6 Å². The second-order valence-electron chi connectivity index (χ2n) is 5.16. The second kappa shape index (κ2) is 6.17. The van der Waals surface area contributed by atoms with Crippen LogP contribution in [0.4, 0.5) is 5.69 Å². The maximum absolute atomic E-state index is 11.6. The Morgan fingerprint density at radius 1 is 1.37 bits per heavy atom. The zero-order valence-corrected chi connectivity index (χ0v) is 12.0. The number of carbonyl (C=O) groups excluding carboxylic acids is 1. The van der Waals surface area contributed by atoms with E-state index in [1.54, 1.807) is 12.0 Å². The van der Waals surface area contributed by atoms with E-state index >= 15 is 0 Å². The molecule has 1 aliphatic heterocycles. The van der Waals surface area contributed by atoms with E-state index < -0.39 is 0 Å². The highest BCUT2D eigenvalue weighted by atomic mass is 16.5. The van der Waals surface area contributed by atoms with Crippen LogP contribution in [-0.2, 0) is 22.4 Å². The first-order valence-electron chi connectivity index (χ1n) is 6.67. The van der Waals surface area contributed by atoms with E-state index in [2.05, 4.69) is 23.1 Å². The molecule has 1 aromatic carbocycles. The summed E-state index contributed by atoms with van der Waals surface area (Å²) in [6.45, 7) is 1.63. The first kappa shape index (κ1) is 14.0. The molecule has 0 aromatic heterocycles. The summed E-state index contributed by atoms with van der Waals surface area (Å²) in [5.41, 5.74) is 3.67. The SMILES string of the molecule is COCN(C)CCc1ccc2c(c1)CCC(=O)N2C. The third-order valence-corrected chi connectivity index (χ3v) is 3.62. The van der Waals surface area contributed by atoms with Gasteiger partial charge in [0.1, 0.15) is 0 Å². The summed E-state index contributed by atoms with van der Waals surface area (Å²) < 4.78 is 5.09. The van der Waals surface area contributed by atoms with Crippen molar-refractivity contribution in [3.63, 3.8) is 0 Å². The molecule has 0 fully saturated rings. The largest absolute Gasteiger partial charge is 0.369 e. The van der Waals surface area contributed by atoms with Crippen LogP contribution in [0.3, 0.4) is 0 Å². The van der Waals surface area contributed by atoms with Gasteiger partial charge in [0.05, 0.1) is 6.73 Å². The van der Waals surface area contributed by atoms with Crippen molar-refractivity contribution in [1.82, 2.24) is 4.90 Å². The molecule has 0 N–H and O–H groups in total. The number of likely N-dealkylation sites (N-methyl/N-ethyl adjacent to an activating group) is 1. The van der Waals surface area contributed by atoms with Crippen molar-refractivity contribution in [2.75, 3.05) is 39.4 Å². The van der Waals surface area contributed by atoms with Gasteiger partial charge in [-0.3, -0.25) is 9.69 Å². The number of hydrogen-bond acceptors (Lipinski definition) is 3. The van der Waals surface area contributed by atoms with Crippen molar-refractivity contribution in [3.8, 4) is 0 Å². The molecular formula is C15H22N2O2. The average molecular weight is 262 g/mol. The van der Waals surface area contributed by atoms with Crippen molar-refractivity contribution in [2.45, 2.75) is 19.3 Å². The van der Waals surface area contributed by atoms with Gasteiger partial charge in [0, 0.05) is 32.8 Å². The Bertz CT molecular complexity index is 459. The molecule has 4 heteroatoms. The lowest BCUT2D eigenvalue weighted by atomic mass is 9.98. The van der Waals surface area contributed by atoms with Crippen LogP contribution in [0.25, 0.3) is 0 Å². The van der Waals surface area contributed by atoms with Crippen molar-refractivity contribution in [3.05, 3.63) is 29.3 Å². The predicted octanol–water partition coefficient (Wildman–Crippen LogP) is 1.67. The Kier molecular flexibility index (Phi) is 4.56. The molecule has 0 aliphatic carbocycles. The number of ether oxygens (including phenoxy) is 1. The Balaban J connectivity index is 2.03. The van der Waals surface area contributed by atoms with Gasteiger partial charge in [0.15, 0.2) is 0 Å². The number of methoxy groups -OCH3 is 1. The smallest absolute Gasteiger partial charge is 0.227 e. The molecule has 0 saturated carbocycles. The lowest BCUT2D eigenvalue weighted by molar-refractivity contribution is -0.118. The van der Waals surface area contributed by atoms with E-state index in [1.807, 2.05) is 14.1 Å². The minimum absolute atomic E-state index is 0.208. The number of nitrogens with zero attached hydrogens (tertiary/aromatic N) is 2. The lowest BCUT2D eigenvalue weighted by Crippen LogP contribution is -2.31. The summed E-state index contributed by atoms with van der Waals surface area (Å²) in [5.74, 6) is 0.208. The minimum atomic E-state index is 0.208. The Morgan fingerprint density at radius 2 is 2.16 bits per heavy atom. The fourth-order valence-electron chi connectivity index (χ4n) is 2.47. The highest BCUT2D eigenvalue weighted by Gasteiger charge is 2.20.